The third-order valence-electron chi connectivity index (χ3n) is 5.57. The standard InChI is InChI=1S/C28H35NO5/c1-7-32-22-11-9-21(10-12-22)25-17-34-28-20(5)27(31-6)23(16-24(25)28)19(4)15-26(30)29-13-8-14-33-18(2)3/h9-12,15-18H,7-8,13-14H2,1-6H3,(H,29,30)/b19-15+. The van der Waals surface area contributed by atoms with Crippen LogP contribution in [-0.2, 0) is 9.53 Å². The Morgan fingerprint density at radius 3 is 2.59 bits per heavy atom. The third kappa shape index (κ3) is 6.00. The summed E-state index contributed by atoms with van der Waals surface area (Å²) in [6, 6.07) is 9.99. The van der Waals surface area contributed by atoms with Crippen molar-refractivity contribution >= 4 is 22.4 Å². The molecule has 0 fully saturated rings. The van der Waals surface area contributed by atoms with Gasteiger partial charge in [0, 0.05) is 41.3 Å². The summed E-state index contributed by atoms with van der Waals surface area (Å²) >= 11 is 0. The van der Waals surface area contributed by atoms with E-state index < -0.39 is 0 Å². The van der Waals surface area contributed by atoms with Crippen molar-refractivity contribution in [2.75, 3.05) is 26.9 Å². The fraction of sp³-hybridized carbons (Fsp3) is 0.393. The predicted molar refractivity (Wildman–Crippen MR) is 136 cm³/mol. The van der Waals surface area contributed by atoms with Gasteiger partial charge in [-0.25, -0.2) is 0 Å². The molecule has 0 atom stereocenters. The molecule has 1 heterocycles. The molecule has 3 rings (SSSR count). The minimum absolute atomic E-state index is 0.138. The second-order valence-corrected chi connectivity index (χ2v) is 8.46. The molecule has 0 saturated carbocycles. The summed E-state index contributed by atoms with van der Waals surface area (Å²) in [5.74, 6) is 1.39. The first-order chi connectivity index (χ1) is 16.3. The van der Waals surface area contributed by atoms with Crippen LogP contribution in [-0.4, -0.2) is 38.9 Å². The van der Waals surface area contributed by atoms with Crippen LogP contribution in [0.4, 0.5) is 0 Å². The topological polar surface area (TPSA) is 69.9 Å². The van der Waals surface area contributed by atoms with Crippen LogP contribution < -0.4 is 14.8 Å². The number of allylic oxidation sites excluding steroid dienone is 1. The van der Waals surface area contributed by atoms with Gasteiger partial charge in [0.05, 0.1) is 26.1 Å². The highest BCUT2D eigenvalue weighted by atomic mass is 16.5. The van der Waals surface area contributed by atoms with Crippen molar-refractivity contribution in [3.63, 3.8) is 0 Å². The van der Waals surface area contributed by atoms with Gasteiger partial charge < -0.3 is 23.9 Å². The first-order valence-electron chi connectivity index (χ1n) is 11.8. The fourth-order valence-corrected chi connectivity index (χ4v) is 3.92. The van der Waals surface area contributed by atoms with Gasteiger partial charge in [-0.2, -0.15) is 0 Å². The molecule has 0 bridgehead atoms. The van der Waals surface area contributed by atoms with Crippen molar-refractivity contribution in [1.82, 2.24) is 5.32 Å². The number of hydrogen-bond donors (Lipinski definition) is 1. The van der Waals surface area contributed by atoms with Gasteiger partial charge in [0.25, 0.3) is 0 Å². The number of rotatable bonds is 11. The first-order valence-corrected chi connectivity index (χ1v) is 11.8. The van der Waals surface area contributed by atoms with Crippen LogP contribution in [0, 0.1) is 6.92 Å². The maximum absolute atomic E-state index is 12.5. The van der Waals surface area contributed by atoms with Gasteiger partial charge in [0.15, 0.2) is 0 Å². The largest absolute Gasteiger partial charge is 0.496 e. The first kappa shape index (κ1) is 25.4. The van der Waals surface area contributed by atoms with Crippen LogP contribution >= 0.6 is 0 Å². The summed E-state index contributed by atoms with van der Waals surface area (Å²) < 4.78 is 22.7. The van der Waals surface area contributed by atoms with E-state index in [-0.39, 0.29) is 12.0 Å². The van der Waals surface area contributed by atoms with E-state index in [0.29, 0.717) is 25.5 Å². The van der Waals surface area contributed by atoms with Crippen LogP contribution in [0.2, 0.25) is 0 Å². The van der Waals surface area contributed by atoms with Crippen LogP contribution in [0.15, 0.2) is 47.1 Å². The number of amides is 1. The van der Waals surface area contributed by atoms with Crippen molar-refractivity contribution in [2.45, 2.75) is 47.1 Å². The molecule has 1 amide bonds. The molecule has 3 aromatic rings. The van der Waals surface area contributed by atoms with Gasteiger partial charge in [0.1, 0.15) is 17.1 Å². The molecule has 6 heteroatoms. The van der Waals surface area contributed by atoms with Crippen LogP contribution in [0.3, 0.4) is 0 Å². The summed E-state index contributed by atoms with van der Waals surface area (Å²) in [4.78, 5) is 12.5. The normalized spacial score (nSPS) is 11.8. The lowest BCUT2D eigenvalue weighted by Crippen LogP contribution is -2.23. The average molecular weight is 466 g/mol. The molecule has 0 saturated heterocycles. The Balaban J connectivity index is 1.88. The zero-order valence-corrected chi connectivity index (χ0v) is 21.0. The molecule has 182 valence electrons. The van der Waals surface area contributed by atoms with E-state index in [4.69, 9.17) is 18.6 Å². The second-order valence-electron chi connectivity index (χ2n) is 8.46. The number of furan rings is 1. The van der Waals surface area contributed by atoms with E-state index in [2.05, 4.69) is 5.32 Å². The Hall–Kier alpha value is -3.25. The molecular formula is C28H35NO5. The molecule has 2 aromatic carbocycles. The molecule has 0 aliphatic rings. The van der Waals surface area contributed by atoms with Crippen LogP contribution in [0.1, 0.15) is 45.2 Å². The lowest BCUT2D eigenvalue weighted by molar-refractivity contribution is -0.116. The van der Waals surface area contributed by atoms with E-state index in [9.17, 15) is 4.79 Å². The number of benzene rings is 2. The minimum Gasteiger partial charge on any atom is -0.496 e. The zero-order valence-electron chi connectivity index (χ0n) is 21.0. The molecule has 1 N–H and O–H groups in total. The molecule has 0 unspecified atom stereocenters. The van der Waals surface area contributed by atoms with Gasteiger partial charge >= 0.3 is 0 Å². The lowest BCUT2D eigenvalue weighted by Gasteiger charge is -2.13. The predicted octanol–water partition coefficient (Wildman–Crippen LogP) is 6.15. The van der Waals surface area contributed by atoms with Gasteiger partial charge in [0.2, 0.25) is 5.91 Å². The molecule has 1 aromatic heterocycles. The van der Waals surface area contributed by atoms with Crippen molar-refractivity contribution in [2.24, 2.45) is 0 Å². The van der Waals surface area contributed by atoms with E-state index >= 15 is 0 Å². The molecule has 34 heavy (non-hydrogen) atoms. The second kappa shape index (κ2) is 11.7. The van der Waals surface area contributed by atoms with Crippen molar-refractivity contribution < 1.29 is 23.4 Å². The van der Waals surface area contributed by atoms with Crippen molar-refractivity contribution in [1.29, 1.82) is 0 Å². The van der Waals surface area contributed by atoms with Crippen molar-refractivity contribution in [3.05, 3.63) is 53.8 Å². The molecule has 0 radical (unpaired) electrons. The Kier molecular flexibility index (Phi) is 8.77. The van der Waals surface area contributed by atoms with Gasteiger partial charge in [-0.1, -0.05) is 12.1 Å². The maximum Gasteiger partial charge on any atom is 0.244 e. The van der Waals surface area contributed by atoms with Gasteiger partial charge in [-0.05, 0) is 70.4 Å². The SMILES string of the molecule is CCOc1ccc(-c2coc3c(C)c(OC)c(/C(C)=C/C(=O)NCCCOC(C)C)cc23)cc1. The van der Waals surface area contributed by atoms with Crippen molar-refractivity contribution in [3.8, 4) is 22.6 Å². The Labute approximate surface area is 201 Å². The summed E-state index contributed by atoms with van der Waals surface area (Å²) in [7, 11) is 1.63. The molecule has 0 aliphatic heterocycles. The molecule has 0 aliphatic carbocycles. The number of carbonyl (C=O) groups excluding carboxylic acids is 1. The summed E-state index contributed by atoms with van der Waals surface area (Å²) in [5, 5.41) is 3.90. The van der Waals surface area contributed by atoms with E-state index in [1.54, 1.807) is 19.4 Å². The molecular weight excluding hydrogens is 430 g/mol. The number of fused-ring (bicyclic) bond motifs is 1. The summed E-state index contributed by atoms with van der Waals surface area (Å²) in [6.45, 7) is 11.7. The quantitative estimate of drug-likeness (QED) is 0.272. The Morgan fingerprint density at radius 1 is 1.21 bits per heavy atom. The minimum atomic E-state index is -0.138. The van der Waals surface area contributed by atoms with Crippen LogP contribution in [0.25, 0.3) is 27.7 Å². The highest BCUT2D eigenvalue weighted by Gasteiger charge is 2.19. The summed E-state index contributed by atoms with van der Waals surface area (Å²) in [5.41, 5.74) is 5.35. The number of aryl methyl sites for hydroxylation is 1. The zero-order chi connectivity index (χ0) is 24.7. The highest BCUT2D eigenvalue weighted by Crippen LogP contribution is 2.40. The molecule has 6 nitrogen and oxygen atoms in total. The van der Waals surface area contributed by atoms with E-state index in [1.165, 1.54) is 0 Å². The number of methoxy groups -OCH3 is 1. The van der Waals surface area contributed by atoms with E-state index in [1.807, 2.05) is 65.0 Å². The van der Waals surface area contributed by atoms with Gasteiger partial charge in [-0.15, -0.1) is 0 Å². The average Bonchev–Trinajstić information content (AvgIpc) is 3.23. The Morgan fingerprint density at radius 2 is 1.94 bits per heavy atom. The molecule has 0 spiro atoms. The number of carbonyl (C=O) groups is 1. The Bertz CT molecular complexity index is 1140. The lowest BCUT2D eigenvalue weighted by atomic mass is 9.96. The smallest absolute Gasteiger partial charge is 0.244 e. The third-order valence-corrected chi connectivity index (χ3v) is 5.57. The monoisotopic (exact) mass is 465 g/mol. The highest BCUT2D eigenvalue weighted by molar-refractivity contribution is 6.01. The van der Waals surface area contributed by atoms with Gasteiger partial charge in [-0.3, -0.25) is 4.79 Å². The number of hydrogen-bond acceptors (Lipinski definition) is 5. The number of nitrogens with one attached hydrogen (secondary N) is 1. The van der Waals surface area contributed by atoms with E-state index in [0.717, 1.165) is 51.0 Å². The maximum atomic E-state index is 12.5. The van der Waals surface area contributed by atoms with Crippen LogP contribution in [0.5, 0.6) is 11.5 Å². The fourth-order valence-electron chi connectivity index (χ4n) is 3.92. The number of ether oxygens (including phenoxy) is 3. The summed E-state index contributed by atoms with van der Waals surface area (Å²) in [6.07, 6.45) is 4.34.